The third-order valence-electron chi connectivity index (χ3n) is 3.32. The number of aryl methyl sites for hydroxylation is 1. The van der Waals surface area contributed by atoms with Crippen LogP contribution in [0.25, 0.3) is 11.0 Å². The van der Waals surface area contributed by atoms with Crippen molar-refractivity contribution in [2.45, 2.75) is 26.2 Å². The number of imidazole rings is 1. The number of rotatable bonds is 4. The molecule has 1 fully saturated rings. The molecule has 0 atom stereocenters. The minimum atomic E-state index is 0.131. The lowest BCUT2D eigenvalue weighted by atomic mass is 10.2. The summed E-state index contributed by atoms with van der Waals surface area (Å²) in [6, 6.07) is 4.22. The van der Waals surface area contributed by atoms with Crippen LogP contribution < -0.4 is 16.0 Å². The Hall–Kier alpha value is -1.11. The predicted molar refractivity (Wildman–Crippen MR) is 81.1 cm³/mol. The molecule has 0 amide bonds. The van der Waals surface area contributed by atoms with E-state index in [4.69, 9.17) is 0 Å². The molecule has 3 N–H and O–H groups in total. The number of nitrogens with one attached hydrogen (secondary N) is 3. The first kappa shape index (κ1) is 12.9. The molecule has 3 rings (SSSR count). The van der Waals surface area contributed by atoms with Crippen molar-refractivity contribution < 1.29 is 0 Å². The zero-order valence-corrected chi connectivity index (χ0v) is 12.5. The molecule has 1 aromatic heterocycles. The molecular weight excluding hydrogens is 306 g/mol. The number of hydrogen-bond donors (Lipinski definition) is 3. The SMILES string of the molecule is CCCn1cnc2c(Br)c(NC3NCCN3)ccc21. The Bertz CT molecular complexity index is 574. The Labute approximate surface area is 120 Å². The maximum absolute atomic E-state index is 4.51. The first-order valence-electron chi connectivity index (χ1n) is 6.66. The Balaban J connectivity index is 1.92. The van der Waals surface area contributed by atoms with E-state index in [0.717, 1.165) is 41.7 Å². The molecular formula is C13H18BrN5. The fourth-order valence-corrected chi connectivity index (χ4v) is 2.94. The molecule has 2 aromatic rings. The number of benzene rings is 1. The summed E-state index contributed by atoms with van der Waals surface area (Å²) in [4.78, 5) is 4.51. The van der Waals surface area contributed by atoms with Crippen molar-refractivity contribution in [1.29, 1.82) is 0 Å². The van der Waals surface area contributed by atoms with E-state index in [0.29, 0.717) is 0 Å². The summed E-state index contributed by atoms with van der Waals surface area (Å²) in [6.07, 6.45) is 3.15. The highest BCUT2D eigenvalue weighted by Gasteiger charge is 2.15. The Morgan fingerprint density at radius 3 is 2.95 bits per heavy atom. The fourth-order valence-electron chi connectivity index (χ4n) is 2.39. The maximum atomic E-state index is 4.51. The second kappa shape index (κ2) is 5.48. The molecule has 102 valence electrons. The van der Waals surface area contributed by atoms with Gasteiger partial charge in [-0.3, -0.25) is 10.6 Å². The molecule has 1 aromatic carbocycles. The largest absolute Gasteiger partial charge is 0.357 e. The standard InChI is InChI=1S/C13H18BrN5/c1-2-7-19-8-17-12-10(19)4-3-9(11(12)14)18-13-15-5-6-16-13/h3-4,8,13,15-16,18H,2,5-7H2,1H3. The van der Waals surface area contributed by atoms with Crippen molar-refractivity contribution >= 4 is 32.7 Å². The summed E-state index contributed by atoms with van der Waals surface area (Å²) in [5.41, 5.74) is 3.24. The number of halogens is 1. The van der Waals surface area contributed by atoms with E-state index in [1.807, 2.05) is 6.33 Å². The molecule has 0 aliphatic carbocycles. The second-order valence-electron chi connectivity index (χ2n) is 4.72. The topological polar surface area (TPSA) is 53.9 Å². The molecule has 0 radical (unpaired) electrons. The van der Waals surface area contributed by atoms with E-state index in [9.17, 15) is 0 Å². The van der Waals surface area contributed by atoms with Gasteiger partial charge in [-0.05, 0) is 34.5 Å². The van der Waals surface area contributed by atoms with Crippen LogP contribution in [0.3, 0.4) is 0 Å². The lowest BCUT2D eigenvalue weighted by Crippen LogP contribution is -2.38. The number of anilines is 1. The molecule has 1 aliphatic heterocycles. The van der Waals surface area contributed by atoms with Gasteiger partial charge in [0.1, 0.15) is 11.8 Å². The maximum Gasteiger partial charge on any atom is 0.132 e. The van der Waals surface area contributed by atoms with Crippen LogP contribution in [0.4, 0.5) is 5.69 Å². The molecule has 0 spiro atoms. The van der Waals surface area contributed by atoms with Gasteiger partial charge in [0.25, 0.3) is 0 Å². The average molecular weight is 324 g/mol. The second-order valence-corrected chi connectivity index (χ2v) is 5.51. The molecule has 19 heavy (non-hydrogen) atoms. The van der Waals surface area contributed by atoms with Gasteiger partial charge in [-0.15, -0.1) is 0 Å². The minimum Gasteiger partial charge on any atom is -0.357 e. The van der Waals surface area contributed by atoms with Crippen LogP contribution in [0.5, 0.6) is 0 Å². The molecule has 0 unspecified atom stereocenters. The van der Waals surface area contributed by atoms with Gasteiger partial charge in [0.15, 0.2) is 0 Å². The van der Waals surface area contributed by atoms with E-state index >= 15 is 0 Å². The van der Waals surface area contributed by atoms with Gasteiger partial charge >= 0.3 is 0 Å². The van der Waals surface area contributed by atoms with E-state index in [2.05, 4.69) is 60.5 Å². The number of nitrogens with zero attached hydrogens (tertiary/aromatic N) is 2. The van der Waals surface area contributed by atoms with Crippen molar-refractivity contribution in [2.24, 2.45) is 0 Å². The van der Waals surface area contributed by atoms with Gasteiger partial charge in [0.05, 0.1) is 22.0 Å². The highest BCUT2D eigenvalue weighted by molar-refractivity contribution is 9.10. The van der Waals surface area contributed by atoms with Crippen LogP contribution in [0.15, 0.2) is 22.9 Å². The molecule has 5 nitrogen and oxygen atoms in total. The van der Waals surface area contributed by atoms with Crippen LogP contribution in [-0.4, -0.2) is 28.9 Å². The zero-order valence-electron chi connectivity index (χ0n) is 10.9. The van der Waals surface area contributed by atoms with Crippen molar-refractivity contribution in [3.63, 3.8) is 0 Å². The summed E-state index contributed by atoms with van der Waals surface area (Å²) >= 11 is 3.66. The van der Waals surface area contributed by atoms with E-state index < -0.39 is 0 Å². The summed E-state index contributed by atoms with van der Waals surface area (Å²) in [6.45, 7) is 5.15. The molecule has 6 heteroatoms. The lowest BCUT2D eigenvalue weighted by Gasteiger charge is -2.16. The fraction of sp³-hybridized carbons (Fsp3) is 0.462. The van der Waals surface area contributed by atoms with Crippen LogP contribution in [0.1, 0.15) is 13.3 Å². The van der Waals surface area contributed by atoms with Crippen molar-refractivity contribution in [2.75, 3.05) is 18.4 Å². The number of hydrogen-bond acceptors (Lipinski definition) is 4. The predicted octanol–water partition coefficient (Wildman–Crippen LogP) is 2.10. The first-order valence-corrected chi connectivity index (χ1v) is 7.45. The molecule has 0 saturated carbocycles. The average Bonchev–Trinajstić information content (AvgIpc) is 3.04. The van der Waals surface area contributed by atoms with E-state index in [1.54, 1.807) is 0 Å². The third-order valence-corrected chi connectivity index (χ3v) is 4.12. The molecule has 2 heterocycles. The zero-order chi connectivity index (χ0) is 13.2. The van der Waals surface area contributed by atoms with Gasteiger partial charge in [-0.1, -0.05) is 6.92 Å². The van der Waals surface area contributed by atoms with E-state index in [-0.39, 0.29) is 6.29 Å². The van der Waals surface area contributed by atoms with E-state index in [1.165, 1.54) is 5.52 Å². The summed E-state index contributed by atoms with van der Waals surface area (Å²) in [5, 5.41) is 10.1. The lowest BCUT2D eigenvalue weighted by molar-refractivity contribution is 0.620. The Morgan fingerprint density at radius 2 is 2.21 bits per heavy atom. The van der Waals surface area contributed by atoms with Gasteiger partial charge in [0, 0.05) is 19.6 Å². The van der Waals surface area contributed by atoms with Gasteiger partial charge in [-0.2, -0.15) is 0 Å². The minimum absolute atomic E-state index is 0.131. The third kappa shape index (κ3) is 2.48. The Morgan fingerprint density at radius 1 is 1.42 bits per heavy atom. The Kier molecular flexibility index (Phi) is 3.72. The van der Waals surface area contributed by atoms with Crippen LogP contribution >= 0.6 is 15.9 Å². The highest BCUT2D eigenvalue weighted by atomic mass is 79.9. The van der Waals surface area contributed by atoms with Crippen molar-refractivity contribution in [3.8, 4) is 0 Å². The van der Waals surface area contributed by atoms with Crippen LogP contribution in [-0.2, 0) is 6.54 Å². The smallest absolute Gasteiger partial charge is 0.132 e. The number of aromatic nitrogens is 2. The summed E-state index contributed by atoms with van der Waals surface area (Å²) < 4.78 is 3.21. The highest BCUT2D eigenvalue weighted by Crippen LogP contribution is 2.30. The quantitative estimate of drug-likeness (QED) is 0.806. The van der Waals surface area contributed by atoms with Gasteiger partial charge in [0.2, 0.25) is 0 Å². The van der Waals surface area contributed by atoms with Crippen LogP contribution in [0, 0.1) is 0 Å². The molecule has 1 aliphatic rings. The first-order chi connectivity index (χ1) is 9.29. The van der Waals surface area contributed by atoms with Crippen LogP contribution in [0.2, 0.25) is 0 Å². The van der Waals surface area contributed by atoms with Gasteiger partial charge < -0.3 is 9.88 Å². The van der Waals surface area contributed by atoms with Gasteiger partial charge in [-0.25, -0.2) is 4.98 Å². The normalized spacial score (nSPS) is 16.3. The summed E-state index contributed by atoms with van der Waals surface area (Å²) in [7, 11) is 0. The van der Waals surface area contributed by atoms with Crippen molar-refractivity contribution in [1.82, 2.24) is 20.2 Å². The number of fused-ring (bicyclic) bond motifs is 1. The monoisotopic (exact) mass is 323 g/mol. The van der Waals surface area contributed by atoms with Crippen molar-refractivity contribution in [3.05, 3.63) is 22.9 Å². The summed E-state index contributed by atoms with van der Waals surface area (Å²) in [5.74, 6) is 0. The molecule has 0 bridgehead atoms. The molecule has 1 saturated heterocycles.